The molecule has 2 aromatic heterocycles. The Kier molecular flexibility index (Phi) is 3.34. The second kappa shape index (κ2) is 5.52. The van der Waals surface area contributed by atoms with E-state index in [1.807, 2.05) is 35.9 Å². The number of aromatic amines is 1. The molecule has 0 fully saturated rings. The number of nitrogens with one attached hydrogen (secondary N) is 2. The number of amides is 1. The fourth-order valence-electron chi connectivity index (χ4n) is 2.86. The van der Waals surface area contributed by atoms with Crippen molar-refractivity contribution in [2.45, 2.75) is 27.0 Å². The van der Waals surface area contributed by atoms with Crippen LogP contribution < -0.4 is 10.1 Å². The molecule has 0 spiro atoms. The summed E-state index contributed by atoms with van der Waals surface area (Å²) in [5, 5.41) is 14.4. The number of benzene rings is 1. The third kappa shape index (κ3) is 2.54. The zero-order valence-electron chi connectivity index (χ0n) is 13.5. The Balaban J connectivity index is 1.66. The van der Waals surface area contributed by atoms with Gasteiger partial charge in [0.2, 0.25) is 5.91 Å². The number of ether oxygens (including phenoxy) is 1. The van der Waals surface area contributed by atoms with Gasteiger partial charge in [0, 0.05) is 35.5 Å². The normalized spacial score (nSPS) is 12.8. The summed E-state index contributed by atoms with van der Waals surface area (Å²) in [6.45, 7) is 4.52. The Labute approximate surface area is 138 Å². The van der Waals surface area contributed by atoms with E-state index >= 15 is 0 Å². The first-order valence-electron chi connectivity index (χ1n) is 7.70. The maximum absolute atomic E-state index is 11.2. The fourth-order valence-corrected chi connectivity index (χ4v) is 2.86. The van der Waals surface area contributed by atoms with Gasteiger partial charge in [0.25, 0.3) is 0 Å². The highest BCUT2D eigenvalue weighted by molar-refractivity contribution is 5.88. The van der Waals surface area contributed by atoms with Crippen LogP contribution in [-0.4, -0.2) is 25.9 Å². The van der Waals surface area contributed by atoms with E-state index in [0.717, 1.165) is 39.6 Å². The van der Waals surface area contributed by atoms with Crippen LogP contribution in [0.1, 0.15) is 23.9 Å². The lowest BCUT2D eigenvalue weighted by atomic mass is 10.2. The molecule has 0 radical (unpaired) electrons. The van der Waals surface area contributed by atoms with Gasteiger partial charge in [-0.05, 0) is 19.1 Å². The number of carbonyl (C=O) groups excluding carboxylic acids is 1. The molecular formula is C17H17N5O2. The van der Waals surface area contributed by atoms with Crippen LogP contribution in [0.4, 0.5) is 5.69 Å². The molecule has 0 saturated carbocycles. The summed E-state index contributed by atoms with van der Waals surface area (Å²) in [6.07, 6.45) is 1.78. The summed E-state index contributed by atoms with van der Waals surface area (Å²) in [5.41, 5.74) is 5.64. The predicted molar refractivity (Wildman–Crippen MR) is 88.7 cm³/mol. The van der Waals surface area contributed by atoms with E-state index in [4.69, 9.17) is 9.84 Å². The van der Waals surface area contributed by atoms with E-state index in [-0.39, 0.29) is 5.91 Å². The average Bonchev–Trinajstić information content (AvgIpc) is 3.09. The number of rotatable bonds is 2. The molecule has 0 unspecified atom stereocenters. The molecule has 0 bridgehead atoms. The number of nitrogens with zero attached hydrogens (tertiary/aromatic N) is 3. The third-order valence-electron chi connectivity index (χ3n) is 4.05. The average molecular weight is 323 g/mol. The Morgan fingerprint density at radius 2 is 2.25 bits per heavy atom. The van der Waals surface area contributed by atoms with Gasteiger partial charge < -0.3 is 10.1 Å². The minimum absolute atomic E-state index is 0.100. The highest BCUT2D eigenvalue weighted by Gasteiger charge is 2.18. The van der Waals surface area contributed by atoms with E-state index in [1.165, 1.54) is 6.92 Å². The van der Waals surface area contributed by atoms with Crippen LogP contribution >= 0.6 is 0 Å². The van der Waals surface area contributed by atoms with Crippen LogP contribution in [0.25, 0.3) is 11.3 Å². The molecule has 1 aliphatic heterocycles. The van der Waals surface area contributed by atoms with E-state index < -0.39 is 0 Å². The number of aromatic nitrogens is 4. The second-order valence-electron chi connectivity index (χ2n) is 5.88. The molecule has 0 aliphatic carbocycles. The lowest BCUT2D eigenvalue weighted by Crippen LogP contribution is -2.06. The number of fused-ring (bicyclic) bond motifs is 2. The van der Waals surface area contributed by atoms with Gasteiger partial charge in [-0.25, -0.2) is 0 Å². The zero-order chi connectivity index (χ0) is 16.7. The molecule has 7 heteroatoms. The Morgan fingerprint density at radius 3 is 3.00 bits per heavy atom. The van der Waals surface area contributed by atoms with Gasteiger partial charge in [-0.1, -0.05) is 6.07 Å². The lowest BCUT2D eigenvalue weighted by molar-refractivity contribution is -0.114. The number of aryl methyl sites for hydroxylation is 1. The molecule has 0 saturated heterocycles. The van der Waals surface area contributed by atoms with Crippen LogP contribution in [0.5, 0.6) is 5.75 Å². The van der Waals surface area contributed by atoms with Crippen molar-refractivity contribution >= 4 is 11.6 Å². The summed E-state index contributed by atoms with van der Waals surface area (Å²) in [6, 6.07) is 7.71. The number of carbonyl (C=O) groups is 1. The predicted octanol–water partition coefficient (Wildman–Crippen LogP) is 2.48. The summed E-state index contributed by atoms with van der Waals surface area (Å²) in [4.78, 5) is 11.2. The third-order valence-corrected chi connectivity index (χ3v) is 4.05. The SMILES string of the molecule is CC(=O)Nc1ccc2c(c1)OCc1cc(-c3cn[nH]c3C)nn1C2. The Morgan fingerprint density at radius 1 is 1.38 bits per heavy atom. The van der Waals surface area contributed by atoms with Crippen LogP contribution in [0.15, 0.2) is 30.5 Å². The number of anilines is 1. The van der Waals surface area contributed by atoms with Crippen molar-refractivity contribution in [2.24, 2.45) is 0 Å². The van der Waals surface area contributed by atoms with Gasteiger partial charge >= 0.3 is 0 Å². The minimum atomic E-state index is -0.100. The molecule has 3 aromatic rings. The van der Waals surface area contributed by atoms with Crippen LogP contribution in [0.2, 0.25) is 0 Å². The smallest absolute Gasteiger partial charge is 0.221 e. The maximum Gasteiger partial charge on any atom is 0.221 e. The quantitative estimate of drug-likeness (QED) is 0.759. The Bertz CT molecular complexity index is 925. The van der Waals surface area contributed by atoms with Crippen molar-refractivity contribution in [1.82, 2.24) is 20.0 Å². The number of hydrogen-bond acceptors (Lipinski definition) is 4. The molecule has 1 aliphatic rings. The van der Waals surface area contributed by atoms with Gasteiger partial charge in [-0.2, -0.15) is 10.2 Å². The molecule has 1 amide bonds. The van der Waals surface area contributed by atoms with Crippen molar-refractivity contribution in [3.05, 3.63) is 47.4 Å². The highest BCUT2D eigenvalue weighted by atomic mass is 16.5. The molecule has 7 nitrogen and oxygen atoms in total. The highest BCUT2D eigenvalue weighted by Crippen LogP contribution is 2.30. The first kappa shape index (κ1) is 14.5. The lowest BCUT2D eigenvalue weighted by Gasteiger charge is -2.09. The minimum Gasteiger partial charge on any atom is -0.487 e. The molecule has 2 N–H and O–H groups in total. The van der Waals surface area contributed by atoms with Gasteiger partial charge in [0.05, 0.1) is 24.1 Å². The van der Waals surface area contributed by atoms with E-state index in [0.29, 0.717) is 13.2 Å². The molecule has 1 aromatic carbocycles. The van der Waals surface area contributed by atoms with Crippen LogP contribution in [-0.2, 0) is 17.9 Å². The van der Waals surface area contributed by atoms with Crippen molar-refractivity contribution in [1.29, 1.82) is 0 Å². The van der Waals surface area contributed by atoms with Crippen molar-refractivity contribution < 1.29 is 9.53 Å². The summed E-state index contributed by atoms with van der Waals surface area (Å²) < 4.78 is 7.87. The first-order valence-corrected chi connectivity index (χ1v) is 7.70. The van der Waals surface area contributed by atoms with Gasteiger partial charge in [-0.15, -0.1) is 0 Å². The van der Waals surface area contributed by atoms with Crippen molar-refractivity contribution in [3.8, 4) is 17.0 Å². The monoisotopic (exact) mass is 323 g/mol. The van der Waals surface area contributed by atoms with E-state index in [9.17, 15) is 4.79 Å². The molecule has 24 heavy (non-hydrogen) atoms. The number of hydrogen-bond donors (Lipinski definition) is 2. The van der Waals surface area contributed by atoms with Crippen LogP contribution in [0.3, 0.4) is 0 Å². The largest absolute Gasteiger partial charge is 0.487 e. The molecule has 122 valence electrons. The van der Waals surface area contributed by atoms with Gasteiger partial charge in [0.15, 0.2) is 0 Å². The topological polar surface area (TPSA) is 84.8 Å². The zero-order valence-corrected chi connectivity index (χ0v) is 13.5. The van der Waals surface area contributed by atoms with Gasteiger partial charge in [0.1, 0.15) is 12.4 Å². The van der Waals surface area contributed by atoms with Gasteiger partial charge in [-0.3, -0.25) is 14.6 Å². The molecule has 4 rings (SSSR count). The first-order chi connectivity index (χ1) is 11.6. The summed E-state index contributed by atoms with van der Waals surface area (Å²) >= 11 is 0. The molecule has 3 heterocycles. The van der Waals surface area contributed by atoms with Crippen molar-refractivity contribution in [3.63, 3.8) is 0 Å². The maximum atomic E-state index is 11.2. The van der Waals surface area contributed by atoms with Crippen molar-refractivity contribution in [2.75, 3.05) is 5.32 Å². The second-order valence-corrected chi connectivity index (χ2v) is 5.88. The number of H-pyrrole nitrogens is 1. The standard InChI is InChI=1S/C17H17N5O2/c1-10-15(7-18-20-10)16-6-14-9-24-17-5-13(19-11(2)23)4-3-12(17)8-22(14)21-16/h3-7H,8-9H2,1-2H3,(H,18,20)(H,19,23). The summed E-state index contributed by atoms with van der Waals surface area (Å²) in [5.74, 6) is 0.671. The molecule has 0 atom stereocenters. The van der Waals surface area contributed by atoms with Crippen LogP contribution in [0, 0.1) is 6.92 Å². The molecular weight excluding hydrogens is 306 g/mol. The van der Waals surface area contributed by atoms with E-state index in [2.05, 4.69) is 15.5 Å². The fraction of sp³-hybridized carbons (Fsp3) is 0.235. The van der Waals surface area contributed by atoms with E-state index in [1.54, 1.807) is 6.20 Å². The summed E-state index contributed by atoms with van der Waals surface area (Å²) in [7, 11) is 0. The Hall–Kier alpha value is -3.09.